The number of hydrogen-bond acceptors (Lipinski definition) is 4. The predicted molar refractivity (Wildman–Crippen MR) is 70.7 cm³/mol. The van der Waals surface area contributed by atoms with Crippen LogP contribution in [0.2, 0.25) is 0 Å². The van der Waals surface area contributed by atoms with Gasteiger partial charge in [-0.3, -0.25) is 0 Å². The van der Waals surface area contributed by atoms with Crippen molar-refractivity contribution in [1.29, 1.82) is 0 Å². The number of aliphatic carboxylic acids is 1. The van der Waals surface area contributed by atoms with Gasteiger partial charge in [0.05, 0.1) is 24.0 Å². The zero-order valence-corrected chi connectivity index (χ0v) is 11.3. The SMILES string of the molecule is CC1(C)CCOC(C(Cc2ccccc2)C(=O)[O-])=N1. The predicted octanol–water partition coefficient (Wildman–Crippen LogP) is 1.19. The maximum absolute atomic E-state index is 11.3. The van der Waals surface area contributed by atoms with Crippen LogP contribution in [0.1, 0.15) is 25.8 Å². The van der Waals surface area contributed by atoms with Gasteiger partial charge in [-0.05, 0) is 25.8 Å². The lowest BCUT2D eigenvalue weighted by Gasteiger charge is -2.30. The lowest BCUT2D eigenvalue weighted by Crippen LogP contribution is -2.42. The summed E-state index contributed by atoms with van der Waals surface area (Å²) in [6, 6.07) is 9.45. The Balaban J connectivity index is 2.21. The van der Waals surface area contributed by atoms with Crippen LogP contribution in [0.25, 0.3) is 0 Å². The Bertz CT molecular complexity index is 479. The quantitative estimate of drug-likeness (QED) is 0.817. The lowest BCUT2D eigenvalue weighted by atomic mass is 9.96. The van der Waals surface area contributed by atoms with Crippen LogP contribution in [0.4, 0.5) is 0 Å². The van der Waals surface area contributed by atoms with Gasteiger partial charge in [-0.2, -0.15) is 0 Å². The summed E-state index contributed by atoms with van der Waals surface area (Å²) in [5.41, 5.74) is 0.671. The Labute approximate surface area is 113 Å². The van der Waals surface area contributed by atoms with Gasteiger partial charge in [0.1, 0.15) is 0 Å². The molecule has 1 aromatic rings. The lowest BCUT2D eigenvalue weighted by molar-refractivity contribution is -0.309. The minimum atomic E-state index is -1.14. The van der Waals surface area contributed by atoms with Gasteiger partial charge < -0.3 is 14.6 Å². The largest absolute Gasteiger partial charge is 0.549 e. The highest BCUT2D eigenvalue weighted by Crippen LogP contribution is 2.23. The van der Waals surface area contributed by atoms with Crippen LogP contribution < -0.4 is 5.11 Å². The van der Waals surface area contributed by atoms with E-state index in [1.54, 1.807) is 0 Å². The van der Waals surface area contributed by atoms with Crippen molar-refractivity contribution in [3.8, 4) is 0 Å². The molecule has 1 aromatic carbocycles. The van der Waals surface area contributed by atoms with Crippen LogP contribution in [0.15, 0.2) is 35.3 Å². The molecule has 0 amide bonds. The average molecular weight is 260 g/mol. The summed E-state index contributed by atoms with van der Waals surface area (Å²) in [4.78, 5) is 15.7. The fourth-order valence-corrected chi connectivity index (χ4v) is 2.09. The molecule has 0 N–H and O–H groups in total. The van der Waals surface area contributed by atoms with Crippen molar-refractivity contribution < 1.29 is 14.6 Å². The number of benzene rings is 1. The zero-order chi connectivity index (χ0) is 13.9. The summed E-state index contributed by atoms with van der Waals surface area (Å²) >= 11 is 0. The molecule has 4 nitrogen and oxygen atoms in total. The van der Waals surface area contributed by atoms with Crippen molar-refractivity contribution in [1.82, 2.24) is 0 Å². The molecular weight excluding hydrogens is 242 g/mol. The second kappa shape index (κ2) is 5.43. The molecule has 0 spiro atoms. The molecule has 1 atom stereocenters. The highest BCUT2D eigenvalue weighted by atomic mass is 16.5. The summed E-state index contributed by atoms with van der Waals surface area (Å²) < 4.78 is 5.44. The fourth-order valence-electron chi connectivity index (χ4n) is 2.09. The van der Waals surface area contributed by atoms with Gasteiger partial charge in [0.2, 0.25) is 0 Å². The minimum absolute atomic E-state index is 0.266. The standard InChI is InChI=1S/C15H19NO3/c1-15(2)8-9-19-13(16-15)12(14(17)18)10-11-6-4-3-5-7-11/h3-7,12H,8-10H2,1-2H3,(H,17,18)/p-1. The number of nitrogens with zero attached hydrogens (tertiary/aromatic N) is 1. The summed E-state index contributed by atoms with van der Waals surface area (Å²) in [6.45, 7) is 4.46. The number of ether oxygens (including phenoxy) is 1. The van der Waals surface area contributed by atoms with Crippen LogP contribution >= 0.6 is 0 Å². The fraction of sp³-hybridized carbons (Fsp3) is 0.467. The van der Waals surface area contributed by atoms with Crippen molar-refractivity contribution in [3.63, 3.8) is 0 Å². The Hall–Kier alpha value is -1.84. The summed E-state index contributed by atoms with van der Waals surface area (Å²) in [5.74, 6) is -1.66. The molecule has 1 aliphatic heterocycles. The first-order chi connectivity index (χ1) is 8.98. The second-order valence-corrected chi connectivity index (χ2v) is 5.42. The molecule has 102 valence electrons. The number of carboxylic acids is 1. The average Bonchev–Trinajstić information content (AvgIpc) is 2.35. The topological polar surface area (TPSA) is 61.7 Å². The smallest absolute Gasteiger partial charge is 0.193 e. The summed E-state index contributed by atoms with van der Waals surface area (Å²) in [5, 5.41) is 11.3. The van der Waals surface area contributed by atoms with E-state index in [1.165, 1.54) is 0 Å². The number of rotatable bonds is 4. The van der Waals surface area contributed by atoms with E-state index in [-0.39, 0.29) is 5.54 Å². The Kier molecular flexibility index (Phi) is 3.88. The first-order valence-electron chi connectivity index (χ1n) is 6.45. The normalized spacial score (nSPS) is 19.2. The molecule has 2 rings (SSSR count). The number of hydrogen-bond donors (Lipinski definition) is 0. The van der Waals surface area contributed by atoms with Gasteiger partial charge in [0.25, 0.3) is 0 Å². The van der Waals surface area contributed by atoms with Crippen LogP contribution in [0, 0.1) is 5.92 Å². The third kappa shape index (κ3) is 3.56. The monoisotopic (exact) mass is 260 g/mol. The highest BCUT2D eigenvalue weighted by molar-refractivity contribution is 5.96. The first-order valence-corrected chi connectivity index (χ1v) is 6.45. The minimum Gasteiger partial charge on any atom is -0.549 e. The van der Waals surface area contributed by atoms with E-state index in [1.807, 2.05) is 44.2 Å². The molecule has 0 saturated heterocycles. The van der Waals surface area contributed by atoms with Crippen LogP contribution in [0.3, 0.4) is 0 Å². The van der Waals surface area contributed by atoms with Gasteiger partial charge in [-0.25, -0.2) is 4.99 Å². The van der Waals surface area contributed by atoms with Crippen molar-refractivity contribution in [3.05, 3.63) is 35.9 Å². The molecule has 1 aliphatic rings. The van der Waals surface area contributed by atoms with Gasteiger partial charge in [0, 0.05) is 6.42 Å². The molecule has 1 heterocycles. The van der Waals surface area contributed by atoms with E-state index in [2.05, 4.69) is 4.99 Å². The second-order valence-electron chi connectivity index (χ2n) is 5.42. The molecule has 0 saturated carbocycles. The van der Waals surface area contributed by atoms with E-state index < -0.39 is 11.9 Å². The molecule has 1 unspecified atom stereocenters. The van der Waals surface area contributed by atoms with E-state index in [0.29, 0.717) is 18.9 Å². The number of carbonyl (C=O) groups is 1. The van der Waals surface area contributed by atoms with Gasteiger partial charge >= 0.3 is 0 Å². The maximum atomic E-state index is 11.3. The van der Waals surface area contributed by atoms with Crippen LogP contribution in [0.5, 0.6) is 0 Å². The van der Waals surface area contributed by atoms with E-state index >= 15 is 0 Å². The molecule has 19 heavy (non-hydrogen) atoms. The molecule has 4 heteroatoms. The van der Waals surface area contributed by atoms with Gasteiger partial charge in [-0.15, -0.1) is 0 Å². The number of aliphatic imine (C=N–C) groups is 1. The van der Waals surface area contributed by atoms with Crippen LogP contribution in [-0.2, 0) is 16.0 Å². The van der Waals surface area contributed by atoms with Gasteiger partial charge in [0.15, 0.2) is 5.90 Å². The van der Waals surface area contributed by atoms with Crippen molar-refractivity contribution in [2.24, 2.45) is 10.9 Å². The third-order valence-corrected chi connectivity index (χ3v) is 3.24. The summed E-state index contributed by atoms with van der Waals surface area (Å²) in [7, 11) is 0. The molecule has 0 aliphatic carbocycles. The van der Waals surface area contributed by atoms with E-state index in [9.17, 15) is 9.90 Å². The van der Waals surface area contributed by atoms with E-state index in [4.69, 9.17) is 4.74 Å². The molecule has 0 fully saturated rings. The maximum Gasteiger partial charge on any atom is 0.193 e. The number of carbonyl (C=O) groups excluding carboxylic acids is 1. The highest BCUT2D eigenvalue weighted by Gasteiger charge is 2.28. The first kappa shape index (κ1) is 13.6. The van der Waals surface area contributed by atoms with Crippen molar-refractivity contribution in [2.75, 3.05) is 6.61 Å². The van der Waals surface area contributed by atoms with Gasteiger partial charge in [-0.1, -0.05) is 30.3 Å². The molecule has 0 aromatic heterocycles. The Morgan fingerprint density at radius 2 is 2.11 bits per heavy atom. The van der Waals surface area contributed by atoms with Crippen molar-refractivity contribution >= 4 is 11.9 Å². The zero-order valence-electron chi connectivity index (χ0n) is 11.3. The Morgan fingerprint density at radius 1 is 1.42 bits per heavy atom. The third-order valence-electron chi connectivity index (χ3n) is 3.24. The van der Waals surface area contributed by atoms with E-state index in [0.717, 1.165) is 12.0 Å². The number of carboxylic acid groups (broad SMARTS) is 1. The summed E-state index contributed by atoms with van der Waals surface area (Å²) in [6.07, 6.45) is 1.14. The van der Waals surface area contributed by atoms with Crippen LogP contribution in [-0.4, -0.2) is 24.0 Å². The molecule has 0 radical (unpaired) electrons. The molecular formula is C15H18NO3-. The Morgan fingerprint density at radius 3 is 2.68 bits per heavy atom. The molecule has 0 bridgehead atoms. The van der Waals surface area contributed by atoms with Crippen molar-refractivity contribution in [2.45, 2.75) is 32.2 Å².